The van der Waals surface area contributed by atoms with Crippen LogP contribution in [-0.4, -0.2) is 47.9 Å². The highest BCUT2D eigenvalue weighted by molar-refractivity contribution is 5.94. The van der Waals surface area contributed by atoms with Crippen molar-refractivity contribution in [2.75, 3.05) is 26.2 Å². The summed E-state index contributed by atoms with van der Waals surface area (Å²) < 4.78 is 46.9. The molecule has 5 nitrogen and oxygen atoms in total. The highest BCUT2D eigenvalue weighted by atomic mass is 19.4. The number of alkyl halides is 3. The van der Waals surface area contributed by atoms with Crippen LogP contribution in [0.5, 0.6) is 0 Å². The molecular formula is C40H41F3N2O3. The van der Waals surface area contributed by atoms with Crippen LogP contribution in [0.15, 0.2) is 115 Å². The molecule has 6 rings (SSSR count). The number of hydrogen-bond acceptors (Lipinski definition) is 4. The minimum atomic E-state index is -4.50. The van der Waals surface area contributed by atoms with Gasteiger partial charge in [0.05, 0.1) is 5.56 Å². The average Bonchev–Trinajstić information content (AvgIpc) is 3.39. The lowest BCUT2D eigenvalue weighted by molar-refractivity contribution is -0.166. The molecule has 1 atom stereocenters. The molecule has 0 saturated carbocycles. The topological polar surface area (TPSA) is 49.9 Å². The molecule has 4 aromatic rings. The molecule has 0 N–H and O–H groups in total. The van der Waals surface area contributed by atoms with Crippen LogP contribution in [0.1, 0.15) is 60.4 Å². The summed E-state index contributed by atoms with van der Waals surface area (Å²) >= 11 is 0. The predicted octanol–water partition coefficient (Wildman–Crippen LogP) is 7.98. The third kappa shape index (κ3) is 6.63. The number of amides is 1. The van der Waals surface area contributed by atoms with E-state index in [1.54, 1.807) is 13.0 Å². The first-order valence-corrected chi connectivity index (χ1v) is 16.7. The summed E-state index contributed by atoms with van der Waals surface area (Å²) in [5, 5.41) is 0. The van der Waals surface area contributed by atoms with Crippen LogP contribution >= 0.6 is 0 Å². The number of carbonyl (C=O) groups excluding carboxylic acids is 2. The van der Waals surface area contributed by atoms with Crippen molar-refractivity contribution in [3.8, 4) is 0 Å². The number of carbonyl (C=O) groups is 2. The summed E-state index contributed by atoms with van der Waals surface area (Å²) in [5.74, 6) is -0.381. The summed E-state index contributed by atoms with van der Waals surface area (Å²) in [6.45, 7) is 4.58. The first kappa shape index (κ1) is 33.5. The van der Waals surface area contributed by atoms with Crippen LogP contribution < -0.4 is 0 Å². The van der Waals surface area contributed by atoms with Crippen LogP contribution in [0.4, 0.5) is 13.2 Å². The Morgan fingerprint density at radius 3 is 1.94 bits per heavy atom. The van der Waals surface area contributed by atoms with Crippen molar-refractivity contribution in [3.63, 3.8) is 0 Å². The van der Waals surface area contributed by atoms with E-state index in [1.807, 2.05) is 71.6 Å². The predicted molar refractivity (Wildman–Crippen MR) is 179 cm³/mol. The second kappa shape index (κ2) is 14.0. The van der Waals surface area contributed by atoms with Gasteiger partial charge in [-0.1, -0.05) is 110 Å². The minimum Gasteiger partial charge on any atom is -0.454 e. The van der Waals surface area contributed by atoms with Gasteiger partial charge in [-0.2, -0.15) is 13.2 Å². The first-order chi connectivity index (χ1) is 23.2. The van der Waals surface area contributed by atoms with Gasteiger partial charge in [-0.25, -0.2) is 0 Å². The number of rotatable bonds is 10. The summed E-state index contributed by atoms with van der Waals surface area (Å²) in [4.78, 5) is 31.6. The zero-order valence-electron chi connectivity index (χ0n) is 27.2. The lowest BCUT2D eigenvalue weighted by atomic mass is 9.66. The Hall–Kier alpha value is -4.43. The molecule has 1 amide bonds. The number of benzene rings is 4. The number of piperidine rings is 1. The molecule has 8 heteroatoms. The summed E-state index contributed by atoms with van der Waals surface area (Å²) in [5.41, 5.74) is 0.641. The molecule has 0 bridgehead atoms. The fraction of sp³-hybridized carbons (Fsp3) is 0.350. The van der Waals surface area contributed by atoms with Gasteiger partial charge in [0.25, 0.3) is 0 Å². The van der Waals surface area contributed by atoms with Crippen LogP contribution in [0, 0.1) is 5.92 Å². The van der Waals surface area contributed by atoms with E-state index in [0.29, 0.717) is 51.1 Å². The third-order valence-electron chi connectivity index (χ3n) is 10.1. The van der Waals surface area contributed by atoms with E-state index in [0.717, 1.165) is 35.2 Å². The molecule has 48 heavy (non-hydrogen) atoms. The monoisotopic (exact) mass is 654 g/mol. The number of nitrogens with zero attached hydrogens (tertiary/aromatic N) is 2. The molecule has 0 radical (unpaired) electrons. The van der Waals surface area contributed by atoms with E-state index in [1.165, 1.54) is 6.07 Å². The normalized spacial score (nSPS) is 19.3. The van der Waals surface area contributed by atoms with Crippen LogP contribution in [0.2, 0.25) is 0 Å². The van der Waals surface area contributed by atoms with Gasteiger partial charge in [0.1, 0.15) is 11.0 Å². The Bertz CT molecular complexity index is 1650. The minimum absolute atomic E-state index is 0.0356. The van der Waals surface area contributed by atoms with Gasteiger partial charge in [0.2, 0.25) is 5.91 Å². The van der Waals surface area contributed by atoms with Crippen LogP contribution in [0.3, 0.4) is 0 Å². The molecule has 0 aliphatic carbocycles. The molecule has 2 aliphatic rings. The SMILES string of the molecule is CCC(=O)OC1(c2cccc(C(F)(F)F)c2)CCN(CCC2CN(Cc3ccccc3)C(=O)C2(c2ccccc2)c2ccccc2)CC1. The number of ether oxygens (including phenoxy) is 1. The zero-order valence-corrected chi connectivity index (χ0v) is 27.2. The summed E-state index contributed by atoms with van der Waals surface area (Å²) in [6, 6.07) is 35.3. The van der Waals surface area contributed by atoms with Crippen molar-refractivity contribution >= 4 is 11.9 Å². The molecule has 1 unspecified atom stereocenters. The average molecular weight is 655 g/mol. The fourth-order valence-corrected chi connectivity index (χ4v) is 7.64. The Kier molecular flexibility index (Phi) is 9.74. The maximum absolute atomic E-state index is 14.7. The van der Waals surface area contributed by atoms with Crippen molar-refractivity contribution in [1.29, 1.82) is 0 Å². The molecule has 2 heterocycles. The molecule has 250 valence electrons. The van der Waals surface area contributed by atoms with Crippen molar-refractivity contribution < 1.29 is 27.5 Å². The van der Waals surface area contributed by atoms with Crippen molar-refractivity contribution in [2.45, 2.75) is 56.3 Å². The first-order valence-electron chi connectivity index (χ1n) is 16.7. The van der Waals surface area contributed by atoms with E-state index in [2.05, 4.69) is 29.2 Å². The number of halogens is 3. The van der Waals surface area contributed by atoms with Gasteiger partial charge in [-0.05, 0) is 47.4 Å². The molecule has 2 aliphatic heterocycles. The summed E-state index contributed by atoms with van der Waals surface area (Å²) in [7, 11) is 0. The third-order valence-corrected chi connectivity index (χ3v) is 10.1. The smallest absolute Gasteiger partial charge is 0.416 e. The van der Waals surface area contributed by atoms with Gasteiger partial charge >= 0.3 is 12.1 Å². The number of likely N-dealkylation sites (tertiary alicyclic amines) is 2. The fourth-order valence-electron chi connectivity index (χ4n) is 7.64. The Morgan fingerprint density at radius 2 is 1.38 bits per heavy atom. The maximum Gasteiger partial charge on any atom is 0.416 e. The van der Waals surface area contributed by atoms with Gasteiger partial charge in [0, 0.05) is 51.4 Å². The second-order valence-corrected chi connectivity index (χ2v) is 12.9. The molecule has 2 saturated heterocycles. The van der Waals surface area contributed by atoms with Crippen molar-refractivity contribution in [1.82, 2.24) is 9.80 Å². The molecule has 2 fully saturated rings. The van der Waals surface area contributed by atoms with E-state index in [9.17, 15) is 22.8 Å². The molecule has 0 spiro atoms. The zero-order chi connectivity index (χ0) is 33.8. The highest BCUT2D eigenvalue weighted by Gasteiger charge is 2.56. The highest BCUT2D eigenvalue weighted by Crippen LogP contribution is 2.48. The summed E-state index contributed by atoms with van der Waals surface area (Å²) in [6.07, 6.45) is -2.87. The number of hydrogen-bond donors (Lipinski definition) is 0. The van der Waals surface area contributed by atoms with E-state index < -0.39 is 28.7 Å². The lowest BCUT2D eigenvalue weighted by Gasteiger charge is -2.42. The standard InChI is InChI=1S/C40H41F3N2O3/c1-2-36(46)48-38(33-19-12-20-34(27-33)40(41,42)43)22-25-44(26-23-38)24-21-35-29-45(28-30-13-6-3-7-14-30)37(47)39(35,31-15-8-4-9-16-31)32-17-10-5-11-18-32/h3-20,27,35H,2,21-26,28-29H2,1H3. The Balaban J connectivity index is 1.27. The second-order valence-electron chi connectivity index (χ2n) is 12.9. The van der Waals surface area contributed by atoms with Crippen molar-refractivity contribution in [2.24, 2.45) is 5.92 Å². The lowest BCUT2D eigenvalue weighted by Crippen LogP contribution is -2.47. The van der Waals surface area contributed by atoms with Gasteiger partial charge in [-0.3, -0.25) is 9.59 Å². The van der Waals surface area contributed by atoms with E-state index in [4.69, 9.17) is 4.74 Å². The number of esters is 1. The molecule has 0 aromatic heterocycles. The van der Waals surface area contributed by atoms with Gasteiger partial charge in [0.15, 0.2) is 0 Å². The van der Waals surface area contributed by atoms with Gasteiger partial charge in [-0.15, -0.1) is 0 Å². The Morgan fingerprint density at radius 1 is 0.812 bits per heavy atom. The van der Waals surface area contributed by atoms with Crippen LogP contribution in [-0.2, 0) is 38.1 Å². The van der Waals surface area contributed by atoms with Crippen LogP contribution in [0.25, 0.3) is 0 Å². The quantitative estimate of drug-likeness (QED) is 0.163. The van der Waals surface area contributed by atoms with Crippen molar-refractivity contribution in [3.05, 3.63) is 143 Å². The maximum atomic E-state index is 14.7. The molecular weight excluding hydrogens is 613 g/mol. The van der Waals surface area contributed by atoms with E-state index >= 15 is 0 Å². The van der Waals surface area contributed by atoms with Gasteiger partial charge < -0.3 is 14.5 Å². The largest absolute Gasteiger partial charge is 0.454 e. The Labute approximate surface area is 280 Å². The van der Waals surface area contributed by atoms with E-state index in [-0.39, 0.29) is 18.2 Å². The molecule has 4 aromatic carbocycles.